The van der Waals surface area contributed by atoms with Crippen LogP contribution < -0.4 is 4.90 Å². The Bertz CT molecular complexity index is 973. The van der Waals surface area contributed by atoms with Crippen molar-refractivity contribution in [1.29, 1.82) is 0 Å². The normalized spacial score (nSPS) is 14.7. The second kappa shape index (κ2) is 8.33. The molecule has 0 atom stereocenters. The maximum absolute atomic E-state index is 13.3. The van der Waals surface area contributed by atoms with E-state index in [9.17, 15) is 4.39 Å². The minimum Gasteiger partial charge on any atom is -0.356 e. The lowest BCUT2D eigenvalue weighted by Crippen LogP contribution is -2.30. The zero-order valence-corrected chi connectivity index (χ0v) is 16.1. The van der Waals surface area contributed by atoms with Gasteiger partial charge in [-0.25, -0.2) is 14.4 Å². The Morgan fingerprint density at radius 3 is 2.79 bits per heavy atom. The van der Waals surface area contributed by atoms with Crippen molar-refractivity contribution in [3.8, 4) is 11.4 Å². The van der Waals surface area contributed by atoms with E-state index in [0.717, 1.165) is 35.9 Å². The first-order valence-corrected chi connectivity index (χ1v) is 9.73. The van der Waals surface area contributed by atoms with Crippen LogP contribution in [0.1, 0.15) is 30.7 Å². The summed E-state index contributed by atoms with van der Waals surface area (Å²) in [6, 6.07) is 10.5. The van der Waals surface area contributed by atoms with Crippen LogP contribution in [0.5, 0.6) is 0 Å². The standard InChI is InChI=1S/C22H24FN5/c1-27-20(12-6-9-17-8-5-10-18(23)16-17)25-21(26-27)19-11-7-13-24-22(19)28-14-3-2-4-15-28/h5-11,13,16H,2-4,12,14-15H2,1H3/b9-6+. The van der Waals surface area contributed by atoms with Crippen LogP contribution in [0.25, 0.3) is 17.5 Å². The molecule has 3 heterocycles. The third-order valence-corrected chi connectivity index (χ3v) is 5.00. The van der Waals surface area contributed by atoms with Crippen molar-refractivity contribution in [2.75, 3.05) is 18.0 Å². The SMILES string of the molecule is Cn1nc(-c2cccnc2N2CCCCC2)nc1C/C=C/c1cccc(F)c1. The van der Waals surface area contributed by atoms with Crippen molar-refractivity contribution in [3.63, 3.8) is 0 Å². The van der Waals surface area contributed by atoms with E-state index in [2.05, 4.69) is 15.0 Å². The monoisotopic (exact) mass is 377 g/mol. The van der Waals surface area contributed by atoms with Crippen LogP contribution in [0.15, 0.2) is 48.7 Å². The maximum atomic E-state index is 13.3. The fourth-order valence-corrected chi connectivity index (χ4v) is 3.55. The van der Waals surface area contributed by atoms with E-state index in [1.54, 1.807) is 10.7 Å². The molecule has 1 fully saturated rings. The molecule has 0 bridgehead atoms. The molecular weight excluding hydrogens is 353 g/mol. The van der Waals surface area contributed by atoms with Crippen molar-refractivity contribution in [2.45, 2.75) is 25.7 Å². The molecule has 3 aromatic rings. The van der Waals surface area contributed by atoms with E-state index in [1.807, 2.05) is 43.6 Å². The van der Waals surface area contributed by atoms with E-state index in [0.29, 0.717) is 12.2 Å². The third kappa shape index (κ3) is 4.11. The summed E-state index contributed by atoms with van der Waals surface area (Å²) in [4.78, 5) is 11.7. The van der Waals surface area contributed by atoms with Gasteiger partial charge in [0.15, 0.2) is 5.82 Å². The van der Waals surface area contributed by atoms with Gasteiger partial charge in [0, 0.05) is 32.8 Å². The largest absolute Gasteiger partial charge is 0.356 e. The molecule has 0 saturated carbocycles. The molecule has 1 aromatic carbocycles. The third-order valence-electron chi connectivity index (χ3n) is 5.00. The average molecular weight is 377 g/mol. The summed E-state index contributed by atoms with van der Waals surface area (Å²) >= 11 is 0. The van der Waals surface area contributed by atoms with Crippen LogP contribution in [0.3, 0.4) is 0 Å². The summed E-state index contributed by atoms with van der Waals surface area (Å²) in [6.45, 7) is 2.06. The Kier molecular flexibility index (Phi) is 5.46. The van der Waals surface area contributed by atoms with Crippen LogP contribution >= 0.6 is 0 Å². The molecule has 5 nitrogen and oxygen atoms in total. The molecule has 0 radical (unpaired) electrons. The fraction of sp³-hybridized carbons (Fsp3) is 0.318. The zero-order valence-electron chi connectivity index (χ0n) is 16.1. The molecule has 1 aliphatic rings. The van der Waals surface area contributed by atoms with E-state index in [4.69, 9.17) is 4.98 Å². The van der Waals surface area contributed by atoms with Crippen molar-refractivity contribution in [2.24, 2.45) is 7.05 Å². The maximum Gasteiger partial charge on any atom is 0.185 e. The van der Waals surface area contributed by atoms with Crippen molar-refractivity contribution < 1.29 is 4.39 Å². The van der Waals surface area contributed by atoms with Crippen molar-refractivity contribution in [3.05, 3.63) is 65.9 Å². The minimum absolute atomic E-state index is 0.232. The molecule has 1 aliphatic heterocycles. The lowest BCUT2D eigenvalue weighted by molar-refractivity contribution is 0.574. The van der Waals surface area contributed by atoms with Gasteiger partial charge in [-0.15, -0.1) is 0 Å². The molecule has 28 heavy (non-hydrogen) atoms. The van der Waals surface area contributed by atoms with Gasteiger partial charge in [-0.2, -0.15) is 5.10 Å². The van der Waals surface area contributed by atoms with Crippen molar-refractivity contribution in [1.82, 2.24) is 19.7 Å². The summed E-state index contributed by atoms with van der Waals surface area (Å²) in [5, 5.41) is 4.62. The molecule has 0 amide bonds. The highest BCUT2D eigenvalue weighted by Crippen LogP contribution is 2.28. The second-order valence-electron chi connectivity index (χ2n) is 7.06. The fourth-order valence-electron chi connectivity index (χ4n) is 3.55. The van der Waals surface area contributed by atoms with Crippen LogP contribution in [0.2, 0.25) is 0 Å². The van der Waals surface area contributed by atoms with Crippen LogP contribution in [0.4, 0.5) is 10.2 Å². The summed E-state index contributed by atoms with van der Waals surface area (Å²) < 4.78 is 15.1. The molecule has 0 spiro atoms. The topological polar surface area (TPSA) is 46.8 Å². The van der Waals surface area contributed by atoms with Crippen LogP contribution in [0, 0.1) is 5.82 Å². The Morgan fingerprint density at radius 2 is 1.96 bits per heavy atom. The van der Waals surface area contributed by atoms with Gasteiger partial charge < -0.3 is 4.90 Å². The van der Waals surface area contributed by atoms with Gasteiger partial charge in [0.1, 0.15) is 17.5 Å². The summed E-state index contributed by atoms with van der Waals surface area (Å²) in [5.74, 6) is 2.29. The van der Waals surface area contributed by atoms with E-state index in [-0.39, 0.29) is 5.82 Å². The van der Waals surface area contributed by atoms with Gasteiger partial charge >= 0.3 is 0 Å². The second-order valence-corrected chi connectivity index (χ2v) is 7.06. The molecule has 0 N–H and O–H groups in total. The lowest BCUT2D eigenvalue weighted by Gasteiger charge is -2.28. The van der Waals surface area contributed by atoms with Gasteiger partial charge in [0.05, 0.1) is 5.56 Å². The molecule has 0 aliphatic carbocycles. The molecule has 4 rings (SSSR count). The molecule has 6 heteroatoms. The zero-order chi connectivity index (χ0) is 19.3. The first-order valence-electron chi connectivity index (χ1n) is 9.73. The summed E-state index contributed by atoms with van der Waals surface area (Å²) in [5.41, 5.74) is 1.81. The van der Waals surface area contributed by atoms with E-state index >= 15 is 0 Å². The molecule has 0 unspecified atom stereocenters. The quantitative estimate of drug-likeness (QED) is 0.666. The van der Waals surface area contributed by atoms with E-state index < -0.39 is 0 Å². The highest BCUT2D eigenvalue weighted by atomic mass is 19.1. The van der Waals surface area contributed by atoms with Crippen LogP contribution in [-0.4, -0.2) is 32.8 Å². The Labute approximate surface area is 164 Å². The molecule has 1 saturated heterocycles. The number of rotatable bonds is 5. The first kappa shape index (κ1) is 18.3. The van der Waals surface area contributed by atoms with Gasteiger partial charge in [-0.1, -0.05) is 24.3 Å². The number of allylic oxidation sites excluding steroid dienone is 1. The summed E-state index contributed by atoms with van der Waals surface area (Å²) in [7, 11) is 1.90. The van der Waals surface area contributed by atoms with Gasteiger partial charge in [-0.3, -0.25) is 4.68 Å². The predicted molar refractivity (Wildman–Crippen MR) is 109 cm³/mol. The Balaban J connectivity index is 1.55. The number of anilines is 1. The number of halogens is 1. The summed E-state index contributed by atoms with van der Waals surface area (Å²) in [6.07, 6.45) is 10.0. The molecular formula is C22H24FN5. The number of aromatic nitrogens is 4. The lowest BCUT2D eigenvalue weighted by atomic mass is 10.1. The number of hydrogen-bond acceptors (Lipinski definition) is 4. The number of pyridine rings is 1. The number of nitrogens with zero attached hydrogens (tertiary/aromatic N) is 5. The molecule has 2 aromatic heterocycles. The highest BCUT2D eigenvalue weighted by Gasteiger charge is 2.19. The van der Waals surface area contributed by atoms with Crippen molar-refractivity contribution >= 4 is 11.9 Å². The van der Waals surface area contributed by atoms with Gasteiger partial charge in [0.2, 0.25) is 0 Å². The number of benzene rings is 1. The van der Waals surface area contributed by atoms with Gasteiger partial charge in [-0.05, 0) is 49.1 Å². The van der Waals surface area contributed by atoms with E-state index in [1.165, 1.54) is 31.4 Å². The smallest absolute Gasteiger partial charge is 0.185 e. The first-order chi connectivity index (χ1) is 13.7. The van der Waals surface area contributed by atoms with Crippen LogP contribution in [-0.2, 0) is 13.5 Å². The Morgan fingerprint density at radius 1 is 1.11 bits per heavy atom. The number of piperidine rings is 1. The number of hydrogen-bond donors (Lipinski definition) is 0. The average Bonchev–Trinajstić information content (AvgIpc) is 3.09. The highest BCUT2D eigenvalue weighted by molar-refractivity contribution is 5.70. The number of aryl methyl sites for hydroxylation is 1. The Hall–Kier alpha value is -3.02. The predicted octanol–water partition coefficient (Wildman–Crippen LogP) is 4.26. The minimum atomic E-state index is -0.232. The molecule has 144 valence electrons. The van der Waals surface area contributed by atoms with Gasteiger partial charge in [0.25, 0.3) is 0 Å².